The summed E-state index contributed by atoms with van der Waals surface area (Å²) in [6, 6.07) is 11.5. The van der Waals surface area contributed by atoms with Crippen molar-refractivity contribution in [3.8, 4) is 11.5 Å². The summed E-state index contributed by atoms with van der Waals surface area (Å²) in [4.78, 5) is 0. The topological polar surface area (TPSA) is 38.7 Å². The van der Waals surface area contributed by atoms with Gasteiger partial charge in [-0.25, -0.2) is 0 Å². The van der Waals surface area contributed by atoms with Crippen molar-refractivity contribution in [3.05, 3.63) is 57.6 Å². The fourth-order valence-electron chi connectivity index (χ4n) is 2.70. The molecular formula is C17H17BrO3. The summed E-state index contributed by atoms with van der Waals surface area (Å²) in [6.45, 7) is 2.05. The maximum Gasteiger partial charge on any atom is 0.126 e. The largest absolute Gasteiger partial charge is 0.496 e. The third-order valence-electron chi connectivity index (χ3n) is 3.73. The molecule has 3 rings (SSSR count). The average Bonchev–Trinajstić information content (AvgIpc) is 2.85. The van der Waals surface area contributed by atoms with Crippen LogP contribution in [0.15, 0.2) is 40.9 Å². The van der Waals surface area contributed by atoms with Gasteiger partial charge in [-0.3, -0.25) is 0 Å². The first-order valence-electron chi connectivity index (χ1n) is 6.89. The van der Waals surface area contributed by atoms with Crippen LogP contribution in [-0.2, 0) is 6.42 Å². The molecule has 0 aromatic heterocycles. The minimum atomic E-state index is -0.714. The van der Waals surface area contributed by atoms with E-state index in [2.05, 4.69) is 15.9 Å². The van der Waals surface area contributed by atoms with Crippen molar-refractivity contribution < 1.29 is 14.6 Å². The first-order chi connectivity index (χ1) is 10.1. The number of benzene rings is 2. The number of aliphatic hydroxyl groups is 1. The van der Waals surface area contributed by atoms with E-state index in [1.165, 1.54) is 0 Å². The lowest BCUT2D eigenvalue weighted by Gasteiger charge is -2.16. The summed E-state index contributed by atoms with van der Waals surface area (Å²) < 4.78 is 12.0. The number of rotatable bonds is 3. The third kappa shape index (κ3) is 2.78. The Labute approximate surface area is 132 Å². The standard InChI is InChI=1S/C17H17BrO3/c1-10-7-12-8-11(3-6-15(12)21-10)17(19)14-5-4-13(18)9-16(14)20-2/h3-6,8-10,17,19H,7H2,1-2H3. The van der Waals surface area contributed by atoms with Gasteiger partial charge in [0.1, 0.15) is 23.7 Å². The number of methoxy groups -OCH3 is 1. The molecule has 2 atom stereocenters. The molecular weight excluding hydrogens is 332 g/mol. The van der Waals surface area contributed by atoms with Crippen LogP contribution in [0.25, 0.3) is 0 Å². The van der Waals surface area contributed by atoms with Crippen molar-refractivity contribution in [1.29, 1.82) is 0 Å². The van der Waals surface area contributed by atoms with E-state index in [0.717, 1.165) is 33.3 Å². The zero-order chi connectivity index (χ0) is 15.0. The summed E-state index contributed by atoms with van der Waals surface area (Å²) in [7, 11) is 1.61. The Bertz CT molecular complexity index is 669. The predicted octanol–water partition coefficient (Wildman–Crippen LogP) is 3.86. The van der Waals surface area contributed by atoms with E-state index in [9.17, 15) is 5.11 Å². The van der Waals surface area contributed by atoms with Gasteiger partial charge < -0.3 is 14.6 Å². The second-order valence-electron chi connectivity index (χ2n) is 5.29. The van der Waals surface area contributed by atoms with Crippen molar-refractivity contribution in [1.82, 2.24) is 0 Å². The van der Waals surface area contributed by atoms with E-state index in [-0.39, 0.29) is 6.10 Å². The van der Waals surface area contributed by atoms with Gasteiger partial charge >= 0.3 is 0 Å². The molecule has 0 aliphatic carbocycles. The van der Waals surface area contributed by atoms with E-state index in [4.69, 9.17) is 9.47 Å². The molecule has 2 aromatic rings. The van der Waals surface area contributed by atoms with Gasteiger partial charge in [0, 0.05) is 16.5 Å². The van der Waals surface area contributed by atoms with Crippen molar-refractivity contribution in [3.63, 3.8) is 0 Å². The van der Waals surface area contributed by atoms with Gasteiger partial charge in [-0.2, -0.15) is 0 Å². The first kappa shape index (κ1) is 14.4. The SMILES string of the molecule is COc1cc(Br)ccc1C(O)c1ccc2c(c1)CC(C)O2. The molecule has 0 saturated heterocycles. The fourth-order valence-corrected chi connectivity index (χ4v) is 3.04. The highest BCUT2D eigenvalue weighted by Gasteiger charge is 2.22. The molecule has 1 N–H and O–H groups in total. The Kier molecular flexibility index (Phi) is 3.91. The Morgan fingerprint density at radius 2 is 2.10 bits per heavy atom. The number of hydrogen-bond donors (Lipinski definition) is 1. The highest BCUT2D eigenvalue weighted by atomic mass is 79.9. The van der Waals surface area contributed by atoms with Crippen LogP contribution in [0.5, 0.6) is 11.5 Å². The minimum absolute atomic E-state index is 0.203. The molecule has 1 aliphatic rings. The second kappa shape index (κ2) is 5.70. The van der Waals surface area contributed by atoms with Crippen LogP contribution in [0, 0.1) is 0 Å². The van der Waals surface area contributed by atoms with Crippen LogP contribution in [-0.4, -0.2) is 18.3 Å². The maximum absolute atomic E-state index is 10.7. The molecule has 2 aromatic carbocycles. The lowest BCUT2D eigenvalue weighted by molar-refractivity contribution is 0.214. The van der Waals surface area contributed by atoms with Gasteiger partial charge in [0.25, 0.3) is 0 Å². The van der Waals surface area contributed by atoms with Gasteiger partial charge in [0.15, 0.2) is 0 Å². The summed E-state index contributed by atoms with van der Waals surface area (Å²) in [5.74, 6) is 1.59. The van der Waals surface area contributed by atoms with Crippen molar-refractivity contribution in [2.75, 3.05) is 7.11 Å². The van der Waals surface area contributed by atoms with Crippen LogP contribution in [0.1, 0.15) is 29.7 Å². The summed E-state index contributed by atoms with van der Waals surface area (Å²) in [5, 5.41) is 10.7. The average molecular weight is 349 g/mol. The molecule has 0 amide bonds. The van der Waals surface area contributed by atoms with E-state index < -0.39 is 6.10 Å². The van der Waals surface area contributed by atoms with Gasteiger partial charge in [0.05, 0.1) is 7.11 Å². The molecule has 0 fully saturated rings. The Morgan fingerprint density at radius 1 is 1.29 bits per heavy atom. The number of halogens is 1. The first-order valence-corrected chi connectivity index (χ1v) is 7.68. The summed E-state index contributed by atoms with van der Waals surface area (Å²) in [5.41, 5.74) is 2.76. The van der Waals surface area contributed by atoms with Gasteiger partial charge in [0.2, 0.25) is 0 Å². The number of fused-ring (bicyclic) bond motifs is 1. The molecule has 1 aliphatic heterocycles. The van der Waals surface area contributed by atoms with E-state index in [1.54, 1.807) is 7.11 Å². The van der Waals surface area contributed by atoms with E-state index >= 15 is 0 Å². The number of ether oxygens (including phenoxy) is 2. The molecule has 3 nitrogen and oxygen atoms in total. The Balaban J connectivity index is 1.96. The Hall–Kier alpha value is -1.52. The van der Waals surface area contributed by atoms with Gasteiger partial charge in [-0.15, -0.1) is 0 Å². The number of aliphatic hydroxyl groups excluding tert-OH is 1. The fraction of sp³-hybridized carbons (Fsp3) is 0.294. The van der Waals surface area contributed by atoms with Crippen molar-refractivity contribution >= 4 is 15.9 Å². The zero-order valence-electron chi connectivity index (χ0n) is 12.0. The highest BCUT2D eigenvalue weighted by Crippen LogP contribution is 2.36. The van der Waals surface area contributed by atoms with E-state index in [0.29, 0.717) is 5.75 Å². The molecule has 0 bridgehead atoms. The molecule has 2 unspecified atom stereocenters. The van der Waals surface area contributed by atoms with Crippen LogP contribution >= 0.6 is 15.9 Å². The Morgan fingerprint density at radius 3 is 2.86 bits per heavy atom. The molecule has 0 spiro atoms. The summed E-state index contributed by atoms with van der Waals surface area (Å²) >= 11 is 3.41. The quantitative estimate of drug-likeness (QED) is 0.915. The molecule has 1 heterocycles. The lowest BCUT2D eigenvalue weighted by atomic mass is 9.98. The summed E-state index contributed by atoms with van der Waals surface area (Å²) in [6.07, 6.45) is 0.372. The van der Waals surface area contributed by atoms with Crippen molar-refractivity contribution in [2.45, 2.75) is 25.6 Å². The molecule has 0 saturated carbocycles. The van der Waals surface area contributed by atoms with Gasteiger partial charge in [-0.05, 0) is 42.3 Å². The monoisotopic (exact) mass is 348 g/mol. The van der Waals surface area contributed by atoms with Crippen molar-refractivity contribution in [2.24, 2.45) is 0 Å². The van der Waals surface area contributed by atoms with Gasteiger partial charge in [-0.1, -0.05) is 28.1 Å². The molecule has 21 heavy (non-hydrogen) atoms. The second-order valence-corrected chi connectivity index (χ2v) is 6.20. The third-order valence-corrected chi connectivity index (χ3v) is 4.22. The van der Waals surface area contributed by atoms with E-state index in [1.807, 2.05) is 43.3 Å². The minimum Gasteiger partial charge on any atom is -0.496 e. The maximum atomic E-state index is 10.7. The lowest BCUT2D eigenvalue weighted by Crippen LogP contribution is -2.05. The molecule has 110 valence electrons. The normalized spacial score (nSPS) is 18.0. The zero-order valence-corrected chi connectivity index (χ0v) is 13.6. The van der Waals surface area contributed by atoms with Crippen LogP contribution < -0.4 is 9.47 Å². The highest BCUT2D eigenvalue weighted by molar-refractivity contribution is 9.10. The molecule has 4 heteroatoms. The van der Waals surface area contributed by atoms with Crippen LogP contribution in [0.2, 0.25) is 0 Å². The molecule has 0 radical (unpaired) electrons. The van der Waals surface area contributed by atoms with Crippen LogP contribution in [0.4, 0.5) is 0 Å². The number of hydrogen-bond acceptors (Lipinski definition) is 3. The van der Waals surface area contributed by atoms with Crippen LogP contribution in [0.3, 0.4) is 0 Å². The smallest absolute Gasteiger partial charge is 0.126 e. The predicted molar refractivity (Wildman–Crippen MR) is 85.0 cm³/mol.